The summed E-state index contributed by atoms with van der Waals surface area (Å²) in [5.74, 6) is -2.02. The van der Waals surface area contributed by atoms with Crippen LogP contribution in [0.2, 0.25) is 0 Å². The lowest BCUT2D eigenvalue weighted by Crippen LogP contribution is -2.16. The van der Waals surface area contributed by atoms with E-state index in [2.05, 4.69) is 5.16 Å². The van der Waals surface area contributed by atoms with E-state index in [4.69, 9.17) is 14.3 Å². The standard InChI is InChI=1S/C7H15FNO4P/c1-4-12-14(11,13-5-2)7(8)6(3)9-10/h7,10H,4-5H2,1-3H3/b9-6+. The summed E-state index contributed by atoms with van der Waals surface area (Å²) in [5, 5.41) is 10.9. The average Bonchev–Trinajstić information content (AvgIpc) is 2.16. The molecule has 14 heavy (non-hydrogen) atoms. The second-order valence-electron chi connectivity index (χ2n) is 2.45. The summed E-state index contributed by atoms with van der Waals surface area (Å²) in [5.41, 5.74) is -0.324. The van der Waals surface area contributed by atoms with Crippen molar-refractivity contribution in [1.82, 2.24) is 0 Å². The number of oxime groups is 1. The minimum absolute atomic E-state index is 0.0659. The van der Waals surface area contributed by atoms with Crippen LogP contribution in [0.3, 0.4) is 0 Å². The molecule has 1 N–H and O–H groups in total. The molecule has 84 valence electrons. The topological polar surface area (TPSA) is 68.1 Å². The van der Waals surface area contributed by atoms with Crippen LogP contribution < -0.4 is 0 Å². The molecule has 0 fully saturated rings. The number of nitrogens with zero attached hydrogens (tertiary/aromatic N) is 1. The highest BCUT2D eigenvalue weighted by Crippen LogP contribution is 2.54. The van der Waals surface area contributed by atoms with Gasteiger partial charge in [0.25, 0.3) is 0 Å². The van der Waals surface area contributed by atoms with Crippen LogP contribution in [-0.4, -0.2) is 30.0 Å². The lowest BCUT2D eigenvalue weighted by molar-refractivity contribution is 0.200. The van der Waals surface area contributed by atoms with E-state index in [1.807, 2.05) is 0 Å². The maximum atomic E-state index is 13.4. The maximum absolute atomic E-state index is 13.4. The Morgan fingerprint density at radius 2 is 1.93 bits per heavy atom. The van der Waals surface area contributed by atoms with Gasteiger partial charge < -0.3 is 14.3 Å². The maximum Gasteiger partial charge on any atom is 0.370 e. The van der Waals surface area contributed by atoms with E-state index < -0.39 is 13.5 Å². The molecule has 0 aliphatic carbocycles. The van der Waals surface area contributed by atoms with Crippen molar-refractivity contribution in [1.29, 1.82) is 0 Å². The molecule has 0 saturated heterocycles. The van der Waals surface area contributed by atoms with Gasteiger partial charge in [-0.2, -0.15) is 0 Å². The van der Waals surface area contributed by atoms with Gasteiger partial charge in [-0.15, -0.1) is 0 Å². The van der Waals surface area contributed by atoms with Gasteiger partial charge in [-0.05, 0) is 20.8 Å². The van der Waals surface area contributed by atoms with Gasteiger partial charge in [0.05, 0.1) is 13.2 Å². The highest BCUT2D eigenvalue weighted by atomic mass is 31.2. The molecule has 0 aliphatic heterocycles. The minimum Gasteiger partial charge on any atom is -0.411 e. The average molecular weight is 227 g/mol. The Morgan fingerprint density at radius 1 is 1.50 bits per heavy atom. The molecule has 0 rings (SSSR count). The monoisotopic (exact) mass is 227 g/mol. The quantitative estimate of drug-likeness (QED) is 0.327. The van der Waals surface area contributed by atoms with Crippen LogP contribution >= 0.6 is 7.60 Å². The lowest BCUT2D eigenvalue weighted by Gasteiger charge is -2.19. The first-order chi connectivity index (χ1) is 6.51. The van der Waals surface area contributed by atoms with Crippen LogP contribution in [0.5, 0.6) is 0 Å². The van der Waals surface area contributed by atoms with Crippen molar-refractivity contribution in [2.45, 2.75) is 26.7 Å². The van der Waals surface area contributed by atoms with Gasteiger partial charge in [-0.3, -0.25) is 4.57 Å². The second kappa shape index (κ2) is 6.11. The van der Waals surface area contributed by atoms with Gasteiger partial charge in [-0.1, -0.05) is 5.16 Å². The van der Waals surface area contributed by atoms with E-state index in [0.717, 1.165) is 0 Å². The molecule has 0 spiro atoms. The van der Waals surface area contributed by atoms with Crippen molar-refractivity contribution >= 4 is 13.3 Å². The van der Waals surface area contributed by atoms with E-state index in [9.17, 15) is 8.96 Å². The summed E-state index contributed by atoms with van der Waals surface area (Å²) in [4.78, 5) is 0. The molecule has 0 heterocycles. The molecule has 0 aliphatic rings. The van der Waals surface area contributed by atoms with Crippen LogP contribution in [0.4, 0.5) is 4.39 Å². The number of hydrogen-bond donors (Lipinski definition) is 1. The Balaban J connectivity index is 4.72. The van der Waals surface area contributed by atoms with Crippen molar-refractivity contribution < 1.29 is 23.2 Å². The SMILES string of the molecule is CCOP(=O)(OCC)C(F)/C(C)=N/O. The van der Waals surface area contributed by atoms with E-state index in [1.165, 1.54) is 6.92 Å². The molecule has 0 aromatic carbocycles. The van der Waals surface area contributed by atoms with Gasteiger partial charge in [0.2, 0.25) is 5.91 Å². The van der Waals surface area contributed by atoms with Crippen molar-refractivity contribution in [3.05, 3.63) is 0 Å². The number of hydrogen-bond acceptors (Lipinski definition) is 5. The molecule has 0 saturated carbocycles. The summed E-state index contributed by atoms with van der Waals surface area (Å²) in [7, 11) is -3.84. The fourth-order valence-electron chi connectivity index (χ4n) is 0.805. The summed E-state index contributed by atoms with van der Waals surface area (Å²) < 4.78 is 34.6. The Morgan fingerprint density at radius 3 is 2.21 bits per heavy atom. The smallest absolute Gasteiger partial charge is 0.370 e. The molecule has 0 aromatic rings. The van der Waals surface area contributed by atoms with Crippen LogP contribution in [0, 0.1) is 0 Å². The third-order valence-electron chi connectivity index (χ3n) is 1.40. The minimum atomic E-state index is -3.84. The Kier molecular flexibility index (Phi) is 5.92. The molecular weight excluding hydrogens is 212 g/mol. The molecule has 5 nitrogen and oxygen atoms in total. The largest absolute Gasteiger partial charge is 0.411 e. The van der Waals surface area contributed by atoms with E-state index in [1.54, 1.807) is 13.8 Å². The van der Waals surface area contributed by atoms with Crippen LogP contribution in [0.1, 0.15) is 20.8 Å². The van der Waals surface area contributed by atoms with Crippen molar-refractivity contribution in [3.8, 4) is 0 Å². The van der Waals surface area contributed by atoms with Gasteiger partial charge in [0.15, 0.2) is 0 Å². The molecule has 0 aromatic heterocycles. The highest BCUT2D eigenvalue weighted by molar-refractivity contribution is 7.55. The Hall–Kier alpha value is -0.450. The predicted octanol–water partition coefficient (Wildman–Crippen LogP) is 2.40. The Labute approximate surface area is 82.4 Å². The fourth-order valence-corrected chi connectivity index (χ4v) is 2.37. The lowest BCUT2D eigenvalue weighted by atomic mass is 10.5. The van der Waals surface area contributed by atoms with Gasteiger partial charge in [-0.25, -0.2) is 4.39 Å². The highest BCUT2D eigenvalue weighted by Gasteiger charge is 2.38. The Bertz CT molecular complexity index is 236. The summed E-state index contributed by atoms with van der Waals surface area (Å²) in [6.45, 7) is 4.48. The first-order valence-corrected chi connectivity index (χ1v) is 5.84. The molecule has 0 radical (unpaired) electrons. The molecule has 7 heteroatoms. The first kappa shape index (κ1) is 13.5. The van der Waals surface area contributed by atoms with E-state index in [-0.39, 0.29) is 18.9 Å². The fraction of sp³-hybridized carbons (Fsp3) is 0.857. The molecule has 1 atom stereocenters. The number of halogens is 1. The first-order valence-electron chi connectivity index (χ1n) is 4.23. The molecule has 0 bridgehead atoms. The third kappa shape index (κ3) is 3.36. The third-order valence-corrected chi connectivity index (χ3v) is 3.56. The van der Waals surface area contributed by atoms with Crippen LogP contribution in [-0.2, 0) is 13.6 Å². The summed E-state index contributed by atoms with van der Waals surface area (Å²) >= 11 is 0. The number of rotatable bonds is 6. The second-order valence-corrected chi connectivity index (χ2v) is 4.50. The molecule has 0 amide bonds. The zero-order valence-corrected chi connectivity index (χ0v) is 9.33. The van der Waals surface area contributed by atoms with Gasteiger partial charge >= 0.3 is 7.60 Å². The van der Waals surface area contributed by atoms with Gasteiger partial charge in [0, 0.05) is 0 Å². The normalized spacial score (nSPS) is 15.6. The summed E-state index contributed by atoms with van der Waals surface area (Å²) in [6, 6.07) is 0. The predicted molar refractivity (Wildman–Crippen MR) is 50.7 cm³/mol. The molecular formula is C7H15FNO4P. The van der Waals surface area contributed by atoms with Crippen molar-refractivity contribution in [2.24, 2.45) is 5.16 Å². The van der Waals surface area contributed by atoms with E-state index in [0.29, 0.717) is 0 Å². The number of alkyl halides is 1. The van der Waals surface area contributed by atoms with E-state index >= 15 is 0 Å². The van der Waals surface area contributed by atoms with Crippen LogP contribution in [0.25, 0.3) is 0 Å². The van der Waals surface area contributed by atoms with Crippen molar-refractivity contribution in [3.63, 3.8) is 0 Å². The van der Waals surface area contributed by atoms with Gasteiger partial charge in [0.1, 0.15) is 5.71 Å². The summed E-state index contributed by atoms with van der Waals surface area (Å²) in [6.07, 6.45) is 0. The van der Waals surface area contributed by atoms with Crippen LogP contribution in [0.15, 0.2) is 5.16 Å². The zero-order valence-electron chi connectivity index (χ0n) is 8.44. The zero-order chi connectivity index (χ0) is 11.2. The van der Waals surface area contributed by atoms with Crippen molar-refractivity contribution in [2.75, 3.05) is 13.2 Å². The molecule has 1 unspecified atom stereocenters.